The van der Waals surface area contributed by atoms with Gasteiger partial charge in [0.2, 0.25) is 15.9 Å². The summed E-state index contributed by atoms with van der Waals surface area (Å²) in [7, 11) is -3.42. The summed E-state index contributed by atoms with van der Waals surface area (Å²) in [5.41, 5.74) is 1.60. The lowest BCUT2D eigenvalue weighted by Crippen LogP contribution is -2.49. The molecular weight excluding hydrogens is 326 g/mol. The summed E-state index contributed by atoms with van der Waals surface area (Å²) in [6, 6.07) is 7.33. The molecule has 2 rings (SSSR count). The van der Waals surface area contributed by atoms with Crippen LogP contribution in [0.1, 0.15) is 18.9 Å². The number of anilines is 1. The second-order valence-electron chi connectivity index (χ2n) is 6.24. The Labute approximate surface area is 145 Å². The first-order chi connectivity index (χ1) is 11.3. The van der Waals surface area contributed by atoms with E-state index in [4.69, 9.17) is 0 Å². The van der Waals surface area contributed by atoms with Gasteiger partial charge in [-0.25, -0.2) is 8.42 Å². The Kier molecular flexibility index (Phi) is 6.23. The second kappa shape index (κ2) is 7.98. The zero-order valence-corrected chi connectivity index (χ0v) is 15.6. The number of rotatable bonds is 6. The molecule has 1 amide bonds. The van der Waals surface area contributed by atoms with Crippen LogP contribution in [-0.4, -0.2) is 69.6 Å². The maximum atomic E-state index is 12.4. The molecule has 1 saturated heterocycles. The first-order valence-corrected chi connectivity index (χ1v) is 10.2. The molecule has 1 aromatic rings. The van der Waals surface area contributed by atoms with Gasteiger partial charge in [-0.1, -0.05) is 19.1 Å². The van der Waals surface area contributed by atoms with Crippen molar-refractivity contribution in [1.82, 2.24) is 9.80 Å². The van der Waals surface area contributed by atoms with Gasteiger partial charge in [-0.2, -0.15) is 0 Å². The van der Waals surface area contributed by atoms with Gasteiger partial charge in [-0.3, -0.25) is 9.10 Å². The molecule has 0 unspecified atom stereocenters. The van der Waals surface area contributed by atoms with Crippen LogP contribution >= 0.6 is 0 Å². The molecule has 134 valence electrons. The fourth-order valence-electron chi connectivity index (χ4n) is 2.94. The van der Waals surface area contributed by atoms with E-state index in [0.717, 1.165) is 38.3 Å². The van der Waals surface area contributed by atoms with Crippen molar-refractivity contribution in [2.45, 2.75) is 20.3 Å². The quantitative estimate of drug-likeness (QED) is 0.774. The van der Waals surface area contributed by atoms with Crippen LogP contribution in [0, 0.1) is 6.92 Å². The number of hydrogen-bond acceptors (Lipinski definition) is 4. The molecule has 1 aliphatic heterocycles. The lowest BCUT2D eigenvalue weighted by Gasteiger charge is -2.34. The van der Waals surface area contributed by atoms with Gasteiger partial charge in [-0.05, 0) is 31.2 Å². The largest absolute Gasteiger partial charge is 0.340 e. The monoisotopic (exact) mass is 353 g/mol. The van der Waals surface area contributed by atoms with Crippen LogP contribution in [0.5, 0.6) is 0 Å². The van der Waals surface area contributed by atoms with E-state index in [-0.39, 0.29) is 18.9 Å². The van der Waals surface area contributed by atoms with Gasteiger partial charge >= 0.3 is 0 Å². The molecule has 1 heterocycles. The van der Waals surface area contributed by atoms with Crippen LogP contribution in [0.3, 0.4) is 0 Å². The molecular formula is C17H27N3O3S. The van der Waals surface area contributed by atoms with Crippen LogP contribution in [0.4, 0.5) is 5.69 Å². The minimum Gasteiger partial charge on any atom is -0.340 e. The predicted molar refractivity (Wildman–Crippen MR) is 96.7 cm³/mol. The lowest BCUT2D eigenvalue weighted by atomic mass is 10.2. The van der Waals surface area contributed by atoms with Crippen molar-refractivity contribution in [3.63, 3.8) is 0 Å². The van der Waals surface area contributed by atoms with Crippen molar-refractivity contribution >= 4 is 21.6 Å². The lowest BCUT2D eigenvalue weighted by molar-refractivity contribution is -0.132. The van der Waals surface area contributed by atoms with E-state index in [1.807, 2.05) is 30.0 Å². The highest BCUT2D eigenvalue weighted by Crippen LogP contribution is 2.19. The van der Waals surface area contributed by atoms with Crippen LogP contribution in [0.2, 0.25) is 0 Å². The van der Waals surface area contributed by atoms with Gasteiger partial charge in [0.1, 0.15) is 0 Å². The molecule has 0 atom stereocenters. The van der Waals surface area contributed by atoms with Gasteiger partial charge in [0.25, 0.3) is 0 Å². The molecule has 0 saturated carbocycles. The number of aryl methyl sites for hydroxylation is 1. The van der Waals surface area contributed by atoms with Crippen LogP contribution in [0.25, 0.3) is 0 Å². The number of carbonyl (C=O) groups excluding carboxylic acids is 1. The van der Waals surface area contributed by atoms with Crippen molar-refractivity contribution in [3.8, 4) is 0 Å². The third-order valence-electron chi connectivity index (χ3n) is 4.39. The van der Waals surface area contributed by atoms with Crippen molar-refractivity contribution in [2.24, 2.45) is 0 Å². The SMILES string of the molecule is CCN1CCN(C(=O)CCN(c2cccc(C)c2)S(C)(=O)=O)CC1. The Morgan fingerprint density at radius 3 is 2.42 bits per heavy atom. The molecule has 1 aliphatic rings. The molecule has 0 aliphatic carbocycles. The standard InChI is InChI=1S/C17H27N3O3S/c1-4-18-10-12-19(13-11-18)17(21)8-9-20(24(3,22)23)16-7-5-6-15(2)14-16/h5-7,14H,4,8-13H2,1-3H3. The van der Waals surface area contributed by atoms with E-state index in [0.29, 0.717) is 5.69 Å². The van der Waals surface area contributed by atoms with Crippen LogP contribution < -0.4 is 4.31 Å². The molecule has 0 bridgehead atoms. The van der Waals surface area contributed by atoms with Crippen molar-refractivity contribution < 1.29 is 13.2 Å². The van der Waals surface area contributed by atoms with Gasteiger partial charge in [-0.15, -0.1) is 0 Å². The minimum absolute atomic E-state index is 0.0204. The highest BCUT2D eigenvalue weighted by atomic mass is 32.2. The number of amides is 1. The molecule has 6 nitrogen and oxygen atoms in total. The number of sulfonamides is 1. The summed E-state index contributed by atoms with van der Waals surface area (Å²) in [4.78, 5) is 16.5. The number of piperazine rings is 1. The van der Waals surface area contributed by atoms with Crippen molar-refractivity contribution in [3.05, 3.63) is 29.8 Å². The zero-order valence-electron chi connectivity index (χ0n) is 14.7. The third-order valence-corrected chi connectivity index (χ3v) is 5.58. The van der Waals surface area contributed by atoms with E-state index in [1.165, 1.54) is 10.6 Å². The second-order valence-corrected chi connectivity index (χ2v) is 8.15. The number of nitrogens with zero attached hydrogens (tertiary/aromatic N) is 3. The average molecular weight is 353 g/mol. The number of hydrogen-bond donors (Lipinski definition) is 0. The molecule has 0 N–H and O–H groups in total. The molecule has 24 heavy (non-hydrogen) atoms. The molecule has 0 aromatic heterocycles. The average Bonchev–Trinajstić information content (AvgIpc) is 2.54. The van der Waals surface area contributed by atoms with E-state index < -0.39 is 10.0 Å². The number of benzene rings is 1. The zero-order chi connectivity index (χ0) is 17.7. The Morgan fingerprint density at radius 1 is 1.21 bits per heavy atom. The molecule has 7 heteroatoms. The van der Waals surface area contributed by atoms with E-state index >= 15 is 0 Å². The smallest absolute Gasteiger partial charge is 0.232 e. The van der Waals surface area contributed by atoms with E-state index in [2.05, 4.69) is 11.8 Å². The van der Waals surface area contributed by atoms with Gasteiger partial charge in [0.05, 0.1) is 11.9 Å². The summed E-state index contributed by atoms with van der Waals surface area (Å²) in [5.74, 6) is 0.0204. The van der Waals surface area contributed by atoms with Gasteiger partial charge in [0, 0.05) is 39.1 Å². The fourth-order valence-corrected chi connectivity index (χ4v) is 3.86. The topological polar surface area (TPSA) is 60.9 Å². The highest BCUT2D eigenvalue weighted by molar-refractivity contribution is 7.92. The van der Waals surface area contributed by atoms with Crippen LogP contribution in [-0.2, 0) is 14.8 Å². The Morgan fingerprint density at radius 2 is 1.88 bits per heavy atom. The van der Waals surface area contributed by atoms with E-state index in [9.17, 15) is 13.2 Å². The summed E-state index contributed by atoms with van der Waals surface area (Å²) < 4.78 is 25.5. The maximum absolute atomic E-state index is 12.4. The molecule has 0 spiro atoms. The molecule has 0 radical (unpaired) electrons. The maximum Gasteiger partial charge on any atom is 0.232 e. The Hall–Kier alpha value is -1.60. The first-order valence-electron chi connectivity index (χ1n) is 8.35. The fraction of sp³-hybridized carbons (Fsp3) is 0.588. The normalized spacial score (nSPS) is 16.2. The van der Waals surface area contributed by atoms with Crippen molar-refractivity contribution in [2.75, 3.05) is 49.8 Å². The third kappa shape index (κ3) is 4.95. The van der Waals surface area contributed by atoms with Crippen molar-refractivity contribution in [1.29, 1.82) is 0 Å². The first kappa shape index (κ1) is 18.7. The number of likely N-dealkylation sites (N-methyl/N-ethyl adjacent to an activating group) is 1. The molecule has 1 aromatic carbocycles. The van der Waals surface area contributed by atoms with Crippen LogP contribution in [0.15, 0.2) is 24.3 Å². The highest BCUT2D eigenvalue weighted by Gasteiger charge is 2.23. The molecule has 1 fully saturated rings. The van der Waals surface area contributed by atoms with Gasteiger partial charge < -0.3 is 9.80 Å². The van der Waals surface area contributed by atoms with E-state index in [1.54, 1.807) is 6.07 Å². The Balaban J connectivity index is 2.00. The summed E-state index contributed by atoms with van der Waals surface area (Å²) in [6.07, 6.45) is 1.38. The Bertz CT molecular complexity index is 667. The summed E-state index contributed by atoms with van der Waals surface area (Å²) >= 11 is 0. The predicted octanol–water partition coefficient (Wildman–Crippen LogP) is 1.32. The van der Waals surface area contributed by atoms with Gasteiger partial charge in [0.15, 0.2) is 0 Å². The minimum atomic E-state index is -3.42. The summed E-state index contributed by atoms with van der Waals surface area (Å²) in [6.45, 7) is 8.41. The number of carbonyl (C=O) groups is 1. The summed E-state index contributed by atoms with van der Waals surface area (Å²) in [5, 5.41) is 0.